The number of likely N-dealkylation sites (tertiary alicyclic amines) is 1. The lowest BCUT2D eigenvalue weighted by atomic mass is 9.81. The molecule has 94 valence electrons. The average Bonchev–Trinajstić information content (AvgIpc) is 3.10. The number of rotatable bonds is 2. The van der Waals surface area contributed by atoms with Crippen LogP contribution in [0.25, 0.3) is 0 Å². The smallest absolute Gasteiger partial charge is 0.236 e. The number of furan rings is 1. The molecule has 0 unspecified atom stereocenters. The molecule has 3 aliphatic heterocycles. The molecule has 5 heteroatoms. The number of fused-ring (bicyclic) bond motifs is 5. The normalized spacial score (nSPS) is 37.7. The number of carbonyl (C=O) groups excluding carboxylic acids is 2. The van der Waals surface area contributed by atoms with Crippen molar-refractivity contribution in [2.45, 2.75) is 31.6 Å². The van der Waals surface area contributed by atoms with E-state index in [9.17, 15) is 9.59 Å². The van der Waals surface area contributed by atoms with Crippen molar-refractivity contribution in [1.29, 1.82) is 0 Å². The summed E-state index contributed by atoms with van der Waals surface area (Å²) in [6.07, 6.45) is 3.27. The van der Waals surface area contributed by atoms with Gasteiger partial charge in [0.1, 0.15) is 5.76 Å². The highest BCUT2D eigenvalue weighted by Crippen LogP contribution is 2.48. The highest BCUT2D eigenvalue weighted by molar-refractivity contribution is 6.06. The molecule has 5 nitrogen and oxygen atoms in total. The number of imide groups is 1. The number of ether oxygens (including phenoxy) is 1. The molecule has 2 amide bonds. The first kappa shape index (κ1) is 10.3. The van der Waals surface area contributed by atoms with Crippen molar-refractivity contribution in [3.05, 3.63) is 24.2 Å². The quantitative estimate of drug-likeness (QED) is 0.730. The van der Waals surface area contributed by atoms with Gasteiger partial charge in [0.15, 0.2) is 0 Å². The molecular weight excluding hydrogens is 234 g/mol. The first-order chi connectivity index (χ1) is 8.75. The second-order valence-electron chi connectivity index (χ2n) is 5.18. The standard InChI is InChI=1S/C13H13NO4/c15-12-10-8-3-4-9(18-8)11(10)13(16)14(12)6-7-2-1-5-17-7/h1-2,5,8-11H,3-4,6H2/t8-,9-,10-,11+/m1/s1. The SMILES string of the molecule is O=C1[C@@H]2[C@H](C(=O)N1Cc1ccco1)[C@H]1CC[C@H]2O1. The van der Waals surface area contributed by atoms with E-state index in [1.165, 1.54) is 4.90 Å². The third-order valence-electron chi connectivity index (χ3n) is 4.27. The zero-order valence-electron chi connectivity index (χ0n) is 9.74. The molecular formula is C13H13NO4. The van der Waals surface area contributed by atoms with Crippen molar-refractivity contribution in [1.82, 2.24) is 4.90 Å². The van der Waals surface area contributed by atoms with Crippen LogP contribution in [0.2, 0.25) is 0 Å². The van der Waals surface area contributed by atoms with Crippen LogP contribution in [0, 0.1) is 11.8 Å². The van der Waals surface area contributed by atoms with Crippen LogP contribution in [-0.4, -0.2) is 28.9 Å². The highest BCUT2D eigenvalue weighted by atomic mass is 16.5. The number of hydrogen-bond donors (Lipinski definition) is 0. The van der Waals surface area contributed by atoms with E-state index in [1.54, 1.807) is 18.4 Å². The fraction of sp³-hybridized carbons (Fsp3) is 0.538. The molecule has 0 saturated carbocycles. The Labute approximate surface area is 104 Å². The van der Waals surface area contributed by atoms with E-state index in [1.807, 2.05) is 0 Å². The first-order valence-corrected chi connectivity index (χ1v) is 6.29. The van der Waals surface area contributed by atoms with Gasteiger partial charge in [-0.05, 0) is 25.0 Å². The van der Waals surface area contributed by atoms with Crippen LogP contribution in [0.15, 0.2) is 22.8 Å². The van der Waals surface area contributed by atoms with Crippen molar-refractivity contribution in [3.63, 3.8) is 0 Å². The zero-order valence-corrected chi connectivity index (χ0v) is 9.74. The van der Waals surface area contributed by atoms with Gasteiger partial charge in [-0.2, -0.15) is 0 Å². The molecule has 0 aliphatic carbocycles. The average molecular weight is 247 g/mol. The maximum Gasteiger partial charge on any atom is 0.236 e. The maximum atomic E-state index is 12.3. The van der Waals surface area contributed by atoms with Gasteiger partial charge in [0.25, 0.3) is 0 Å². The lowest BCUT2D eigenvalue weighted by Gasteiger charge is -2.15. The minimum Gasteiger partial charge on any atom is -0.467 e. The fourth-order valence-corrected chi connectivity index (χ4v) is 3.49. The van der Waals surface area contributed by atoms with Crippen molar-refractivity contribution in [3.8, 4) is 0 Å². The Bertz CT molecular complexity index is 481. The van der Waals surface area contributed by atoms with Gasteiger partial charge in [-0.3, -0.25) is 14.5 Å². The Morgan fingerprint density at radius 2 is 1.83 bits per heavy atom. The van der Waals surface area contributed by atoms with Gasteiger partial charge in [0, 0.05) is 0 Å². The summed E-state index contributed by atoms with van der Waals surface area (Å²) >= 11 is 0. The summed E-state index contributed by atoms with van der Waals surface area (Å²) in [6.45, 7) is 0.247. The third-order valence-corrected chi connectivity index (χ3v) is 4.27. The number of hydrogen-bond acceptors (Lipinski definition) is 4. The molecule has 0 radical (unpaired) electrons. The monoisotopic (exact) mass is 247 g/mol. The van der Waals surface area contributed by atoms with Gasteiger partial charge in [-0.25, -0.2) is 0 Å². The van der Waals surface area contributed by atoms with Crippen molar-refractivity contribution in [2.75, 3.05) is 0 Å². The second-order valence-corrected chi connectivity index (χ2v) is 5.18. The van der Waals surface area contributed by atoms with E-state index in [0.717, 1.165) is 12.8 Å². The molecule has 18 heavy (non-hydrogen) atoms. The van der Waals surface area contributed by atoms with Gasteiger partial charge in [0.05, 0.1) is 36.9 Å². The van der Waals surface area contributed by atoms with Gasteiger partial charge in [-0.1, -0.05) is 0 Å². The van der Waals surface area contributed by atoms with Crippen LogP contribution in [0.3, 0.4) is 0 Å². The minimum atomic E-state index is -0.244. The van der Waals surface area contributed by atoms with E-state index < -0.39 is 0 Å². The predicted molar refractivity (Wildman–Crippen MR) is 59.1 cm³/mol. The highest BCUT2D eigenvalue weighted by Gasteiger charge is 2.62. The molecule has 4 heterocycles. The predicted octanol–water partition coefficient (Wildman–Crippen LogP) is 0.942. The van der Waals surface area contributed by atoms with Crippen molar-refractivity contribution >= 4 is 11.8 Å². The number of amides is 2. The molecule has 4 rings (SSSR count). The second kappa shape index (κ2) is 3.45. The summed E-state index contributed by atoms with van der Waals surface area (Å²) in [5.41, 5.74) is 0. The molecule has 2 bridgehead atoms. The molecule has 1 aromatic rings. The van der Waals surface area contributed by atoms with Crippen molar-refractivity contribution < 1.29 is 18.7 Å². The fourth-order valence-electron chi connectivity index (χ4n) is 3.49. The maximum absolute atomic E-state index is 12.3. The Kier molecular flexibility index (Phi) is 1.97. The van der Waals surface area contributed by atoms with Crippen LogP contribution in [0.1, 0.15) is 18.6 Å². The minimum absolute atomic E-state index is 0.0435. The van der Waals surface area contributed by atoms with E-state index in [2.05, 4.69) is 0 Å². The van der Waals surface area contributed by atoms with Gasteiger partial charge < -0.3 is 9.15 Å². The molecule has 3 fully saturated rings. The molecule has 3 aliphatic rings. The Morgan fingerprint density at radius 1 is 1.17 bits per heavy atom. The van der Waals surface area contributed by atoms with E-state index in [-0.39, 0.29) is 42.4 Å². The Hall–Kier alpha value is -1.62. The van der Waals surface area contributed by atoms with Crippen LogP contribution >= 0.6 is 0 Å². The molecule has 4 atom stereocenters. The molecule has 1 aromatic heterocycles. The molecule has 0 aromatic carbocycles. The van der Waals surface area contributed by atoms with Crippen LogP contribution < -0.4 is 0 Å². The summed E-state index contributed by atoms with van der Waals surface area (Å²) in [4.78, 5) is 25.9. The van der Waals surface area contributed by atoms with Crippen molar-refractivity contribution in [2.24, 2.45) is 11.8 Å². The van der Waals surface area contributed by atoms with Gasteiger partial charge in [-0.15, -0.1) is 0 Å². The summed E-state index contributed by atoms with van der Waals surface area (Å²) < 4.78 is 10.9. The summed E-state index contributed by atoms with van der Waals surface area (Å²) in [7, 11) is 0. The lowest BCUT2D eigenvalue weighted by molar-refractivity contribution is -0.143. The summed E-state index contributed by atoms with van der Waals surface area (Å²) in [5, 5.41) is 0. The largest absolute Gasteiger partial charge is 0.467 e. The first-order valence-electron chi connectivity index (χ1n) is 6.29. The van der Waals surface area contributed by atoms with Crippen LogP contribution in [-0.2, 0) is 20.9 Å². The molecule has 3 saturated heterocycles. The third kappa shape index (κ3) is 1.20. The van der Waals surface area contributed by atoms with Gasteiger partial charge in [0.2, 0.25) is 11.8 Å². The molecule has 0 N–H and O–H groups in total. The zero-order chi connectivity index (χ0) is 12.3. The summed E-state index contributed by atoms with van der Waals surface area (Å²) in [6, 6.07) is 3.54. The van der Waals surface area contributed by atoms with Crippen LogP contribution in [0.5, 0.6) is 0 Å². The summed E-state index contributed by atoms with van der Waals surface area (Å²) in [5.74, 6) is -0.0236. The van der Waals surface area contributed by atoms with E-state index >= 15 is 0 Å². The van der Waals surface area contributed by atoms with Crippen LogP contribution in [0.4, 0.5) is 0 Å². The van der Waals surface area contributed by atoms with E-state index in [0.29, 0.717) is 5.76 Å². The van der Waals surface area contributed by atoms with E-state index in [4.69, 9.17) is 9.15 Å². The number of carbonyl (C=O) groups is 2. The Morgan fingerprint density at radius 3 is 2.39 bits per heavy atom. The Balaban J connectivity index is 1.63. The lowest BCUT2D eigenvalue weighted by Crippen LogP contribution is -2.33. The topological polar surface area (TPSA) is 59.8 Å². The number of nitrogens with zero attached hydrogens (tertiary/aromatic N) is 1. The van der Waals surface area contributed by atoms with Gasteiger partial charge >= 0.3 is 0 Å². The molecule has 0 spiro atoms.